The number of hydrogen-bond acceptors (Lipinski definition) is 3. The molecule has 1 aromatic rings. The molecule has 0 radical (unpaired) electrons. The van der Waals surface area contributed by atoms with Crippen LogP contribution in [0.25, 0.3) is 0 Å². The number of methoxy groups -OCH3 is 1. The second kappa shape index (κ2) is 9.22. The third kappa shape index (κ3) is 6.26. The van der Waals surface area contributed by atoms with E-state index >= 15 is 0 Å². The van der Waals surface area contributed by atoms with Gasteiger partial charge in [0.05, 0.1) is 11.6 Å². The quantitative estimate of drug-likeness (QED) is 0.746. The maximum atomic E-state index is 5.73. The highest BCUT2D eigenvalue weighted by Crippen LogP contribution is 2.14. The average molecular weight is 290 g/mol. The molecule has 0 amide bonds. The highest BCUT2D eigenvalue weighted by Gasteiger charge is 1.97. The normalized spacial score (nSPS) is 11.6. The zero-order chi connectivity index (χ0) is 13.2. The molecule has 1 rings (SSSR count). The highest BCUT2D eigenvalue weighted by atomic mass is 35.5. The fourth-order valence-corrected chi connectivity index (χ4v) is 1.41. The lowest BCUT2D eigenvalue weighted by Gasteiger charge is -2.07. The molecular formula is C13H17Cl2NO2. The fraction of sp³-hybridized carbons (Fsp3) is 0.385. The minimum Gasteiger partial charge on any atom is -0.488 e. The Labute approximate surface area is 118 Å². The van der Waals surface area contributed by atoms with E-state index < -0.39 is 0 Å². The van der Waals surface area contributed by atoms with Crippen LogP contribution in [0.5, 0.6) is 5.75 Å². The van der Waals surface area contributed by atoms with Gasteiger partial charge < -0.3 is 14.8 Å². The fourth-order valence-electron chi connectivity index (χ4n) is 1.29. The summed E-state index contributed by atoms with van der Waals surface area (Å²) in [5.74, 6) is 0.771. The van der Waals surface area contributed by atoms with Crippen LogP contribution in [0.4, 0.5) is 0 Å². The van der Waals surface area contributed by atoms with E-state index in [4.69, 9.17) is 32.7 Å². The van der Waals surface area contributed by atoms with Crippen LogP contribution in [0.15, 0.2) is 34.8 Å². The molecule has 0 aliphatic heterocycles. The summed E-state index contributed by atoms with van der Waals surface area (Å²) in [6.45, 7) is 2.65. The van der Waals surface area contributed by atoms with Gasteiger partial charge in [-0.05, 0) is 17.7 Å². The Morgan fingerprint density at radius 1 is 1.33 bits per heavy atom. The van der Waals surface area contributed by atoms with Crippen molar-refractivity contribution >= 4 is 23.2 Å². The van der Waals surface area contributed by atoms with Gasteiger partial charge in [0.1, 0.15) is 12.4 Å². The molecule has 5 heteroatoms. The van der Waals surface area contributed by atoms with Crippen molar-refractivity contribution in [3.63, 3.8) is 0 Å². The van der Waals surface area contributed by atoms with Crippen molar-refractivity contribution in [3.8, 4) is 5.75 Å². The second-order valence-electron chi connectivity index (χ2n) is 3.66. The van der Waals surface area contributed by atoms with Crippen LogP contribution in [-0.4, -0.2) is 26.9 Å². The number of ether oxygens (including phenoxy) is 2. The number of benzene rings is 1. The largest absolute Gasteiger partial charge is 0.488 e. The minimum absolute atomic E-state index is 0.288. The third-order valence-electron chi connectivity index (χ3n) is 2.23. The predicted octanol–water partition coefficient (Wildman–Crippen LogP) is 3.12. The van der Waals surface area contributed by atoms with Gasteiger partial charge in [-0.25, -0.2) is 0 Å². The van der Waals surface area contributed by atoms with Gasteiger partial charge >= 0.3 is 0 Å². The third-order valence-corrected chi connectivity index (χ3v) is 2.82. The van der Waals surface area contributed by atoms with E-state index in [9.17, 15) is 0 Å². The van der Waals surface area contributed by atoms with Gasteiger partial charge in [0.2, 0.25) is 0 Å². The molecular weight excluding hydrogens is 273 g/mol. The Bertz CT molecular complexity index is 366. The van der Waals surface area contributed by atoms with Crippen molar-refractivity contribution in [1.29, 1.82) is 0 Å². The maximum Gasteiger partial charge on any atom is 0.125 e. The van der Waals surface area contributed by atoms with E-state index in [0.29, 0.717) is 11.6 Å². The van der Waals surface area contributed by atoms with Gasteiger partial charge in [0.15, 0.2) is 0 Å². The molecule has 1 N–H and O–H groups in total. The Balaban J connectivity index is 2.33. The zero-order valence-corrected chi connectivity index (χ0v) is 11.8. The van der Waals surface area contributed by atoms with Crippen LogP contribution in [0.2, 0.25) is 0 Å². The Hall–Kier alpha value is -0.740. The van der Waals surface area contributed by atoms with Crippen LogP contribution in [0.3, 0.4) is 0 Å². The molecule has 0 aliphatic rings. The number of hydrogen-bond donors (Lipinski definition) is 1. The predicted molar refractivity (Wildman–Crippen MR) is 75.3 cm³/mol. The maximum absolute atomic E-state index is 5.73. The zero-order valence-electron chi connectivity index (χ0n) is 10.3. The number of halogens is 2. The minimum atomic E-state index is 0.288. The number of nitrogens with one attached hydrogen (secondary N) is 1. The molecule has 0 saturated heterocycles. The summed E-state index contributed by atoms with van der Waals surface area (Å²) in [7, 11) is 1.69. The molecule has 100 valence electrons. The Morgan fingerprint density at radius 3 is 2.67 bits per heavy atom. The van der Waals surface area contributed by atoms with E-state index in [0.717, 1.165) is 18.8 Å². The topological polar surface area (TPSA) is 30.5 Å². The van der Waals surface area contributed by atoms with Crippen molar-refractivity contribution < 1.29 is 9.47 Å². The summed E-state index contributed by atoms with van der Waals surface area (Å²) in [6.07, 6.45) is 0. The van der Waals surface area contributed by atoms with Crippen LogP contribution in [-0.2, 0) is 11.3 Å². The van der Waals surface area contributed by atoms with E-state index in [-0.39, 0.29) is 6.61 Å². The SMILES string of the molecule is COCCNCc1ccc(OCC(Cl)=CCl)cc1. The molecule has 0 aromatic heterocycles. The van der Waals surface area contributed by atoms with E-state index in [1.807, 2.05) is 24.3 Å². The molecule has 0 aliphatic carbocycles. The molecule has 0 atom stereocenters. The Morgan fingerprint density at radius 2 is 2.06 bits per heavy atom. The first kappa shape index (κ1) is 15.3. The van der Waals surface area contributed by atoms with Crippen molar-refractivity contribution in [3.05, 3.63) is 40.4 Å². The average Bonchev–Trinajstić information content (AvgIpc) is 2.42. The molecule has 0 bridgehead atoms. The molecule has 0 unspecified atom stereocenters. The van der Waals surface area contributed by atoms with E-state index in [1.165, 1.54) is 11.1 Å². The van der Waals surface area contributed by atoms with Crippen molar-refractivity contribution in [2.24, 2.45) is 0 Å². The van der Waals surface area contributed by atoms with E-state index in [2.05, 4.69) is 5.32 Å². The van der Waals surface area contributed by atoms with Crippen molar-refractivity contribution in [2.45, 2.75) is 6.54 Å². The molecule has 0 heterocycles. The van der Waals surface area contributed by atoms with Crippen molar-refractivity contribution in [1.82, 2.24) is 5.32 Å². The lowest BCUT2D eigenvalue weighted by Crippen LogP contribution is -2.18. The van der Waals surface area contributed by atoms with Gasteiger partial charge in [-0.3, -0.25) is 0 Å². The summed E-state index contributed by atoms with van der Waals surface area (Å²) in [5, 5.41) is 3.74. The van der Waals surface area contributed by atoms with Gasteiger partial charge in [0, 0.05) is 25.7 Å². The summed E-state index contributed by atoms with van der Waals surface area (Å²) >= 11 is 11.2. The first-order valence-electron chi connectivity index (χ1n) is 5.62. The van der Waals surface area contributed by atoms with Crippen LogP contribution in [0.1, 0.15) is 5.56 Å². The van der Waals surface area contributed by atoms with Gasteiger partial charge in [-0.15, -0.1) is 0 Å². The summed E-state index contributed by atoms with van der Waals surface area (Å²) in [4.78, 5) is 0. The molecule has 0 saturated carbocycles. The van der Waals surface area contributed by atoms with Gasteiger partial charge in [-0.2, -0.15) is 0 Å². The molecule has 0 fully saturated rings. The van der Waals surface area contributed by atoms with E-state index in [1.54, 1.807) is 7.11 Å². The summed E-state index contributed by atoms with van der Waals surface area (Å²) in [6, 6.07) is 7.83. The summed E-state index contributed by atoms with van der Waals surface area (Å²) in [5.41, 5.74) is 2.49. The first-order chi connectivity index (χ1) is 8.76. The Kier molecular flexibility index (Phi) is 7.85. The van der Waals surface area contributed by atoms with Crippen molar-refractivity contribution in [2.75, 3.05) is 26.9 Å². The van der Waals surface area contributed by atoms with Gasteiger partial charge in [-0.1, -0.05) is 35.3 Å². The monoisotopic (exact) mass is 289 g/mol. The standard InChI is InChI=1S/C13H17Cl2NO2/c1-17-7-6-16-9-11-2-4-13(5-3-11)18-10-12(15)8-14/h2-5,8,16H,6-7,9-10H2,1H3. The first-order valence-corrected chi connectivity index (χ1v) is 6.44. The molecule has 0 spiro atoms. The lowest BCUT2D eigenvalue weighted by atomic mass is 10.2. The summed E-state index contributed by atoms with van der Waals surface area (Å²) < 4.78 is 10.4. The molecule has 1 aromatic carbocycles. The highest BCUT2D eigenvalue weighted by molar-refractivity contribution is 6.36. The number of rotatable bonds is 8. The van der Waals surface area contributed by atoms with Crippen LogP contribution < -0.4 is 10.1 Å². The second-order valence-corrected chi connectivity index (χ2v) is 4.36. The molecule has 18 heavy (non-hydrogen) atoms. The van der Waals surface area contributed by atoms with Gasteiger partial charge in [0.25, 0.3) is 0 Å². The molecule has 3 nitrogen and oxygen atoms in total. The van der Waals surface area contributed by atoms with Crippen LogP contribution in [0, 0.1) is 0 Å². The smallest absolute Gasteiger partial charge is 0.125 e. The van der Waals surface area contributed by atoms with Crippen LogP contribution >= 0.6 is 23.2 Å². The lowest BCUT2D eigenvalue weighted by molar-refractivity contribution is 0.199.